The van der Waals surface area contributed by atoms with Gasteiger partial charge in [0.2, 0.25) is 5.91 Å². The fourth-order valence-corrected chi connectivity index (χ4v) is 4.46. The highest BCUT2D eigenvalue weighted by atomic mass is 35.5. The number of carbonyl (C=O) groups is 2. The van der Waals surface area contributed by atoms with E-state index in [4.69, 9.17) is 5.73 Å². The van der Waals surface area contributed by atoms with E-state index in [1.165, 1.54) is 4.90 Å². The van der Waals surface area contributed by atoms with Gasteiger partial charge in [0.1, 0.15) is 17.1 Å². The van der Waals surface area contributed by atoms with Crippen LogP contribution in [0.4, 0.5) is 0 Å². The third-order valence-corrected chi connectivity index (χ3v) is 5.74. The Morgan fingerprint density at radius 3 is 2.61 bits per heavy atom. The van der Waals surface area contributed by atoms with Crippen molar-refractivity contribution in [2.75, 3.05) is 18.8 Å². The zero-order valence-corrected chi connectivity index (χ0v) is 14.5. The third kappa shape index (κ3) is 3.65. The lowest BCUT2D eigenvalue weighted by Gasteiger charge is -2.48. The lowest BCUT2D eigenvalue weighted by molar-refractivity contribution is -0.148. The van der Waals surface area contributed by atoms with Crippen molar-refractivity contribution in [3.05, 3.63) is 11.3 Å². The molecule has 3 heterocycles. The molecule has 23 heavy (non-hydrogen) atoms. The van der Waals surface area contributed by atoms with E-state index in [2.05, 4.69) is 11.8 Å². The van der Waals surface area contributed by atoms with E-state index in [0.717, 1.165) is 25.0 Å². The van der Waals surface area contributed by atoms with Gasteiger partial charge in [0, 0.05) is 18.3 Å². The number of nitrogens with two attached hydrogens (primary N) is 1. The molecule has 0 spiro atoms. The highest BCUT2D eigenvalue weighted by Gasteiger charge is 2.51. The van der Waals surface area contributed by atoms with Gasteiger partial charge in [-0.3, -0.25) is 14.6 Å². The van der Waals surface area contributed by atoms with E-state index in [-0.39, 0.29) is 40.3 Å². The molecule has 7 N–H and O–H groups in total. The van der Waals surface area contributed by atoms with Crippen LogP contribution in [-0.2, 0) is 9.59 Å². The van der Waals surface area contributed by atoms with Crippen molar-refractivity contribution < 1.29 is 25.6 Å². The Kier molecular flexibility index (Phi) is 8.01. The molecule has 2 unspecified atom stereocenters. The van der Waals surface area contributed by atoms with Crippen molar-refractivity contribution in [2.24, 2.45) is 5.73 Å². The van der Waals surface area contributed by atoms with Gasteiger partial charge in [0.25, 0.3) is 0 Å². The number of hydrogen-bond donors (Lipinski definition) is 2. The number of hydrogen-bond acceptors (Lipinski definition) is 5. The molecule has 10 heteroatoms. The molecule has 3 aliphatic heterocycles. The topological polar surface area (TPSA) is 150 Å². The summed E-state index contributed by atoms with van der Waals surface area (Å²) < 4.78 is 0. The number of aliphatic carboxylic acids is 1. The summed E-state index contributed by atoms with van der Waals surface area (Å²) in [4.78, 5) is 27.0. The van der Waals surface area contributed by atoms with Crippen LogP contribution in [0.2, 0.25) is 0 Å². The van der Waals surface area contributed by atoms with Crippen LogP contribution < -0.4 is 5.73 Å². The predicted molar refractivity (Wildman–Crippen MR) is 90.5 cm³/mol. The summed E-state index contributed by atoms with van der Waals surface area (Å²) in [5.41, 5.74) is 6.74. The average Bonchev–Trinajstić information content (AvgIpc) is 2.82. The maximum absolute atomic E-state index is 11.8. The second-order valence-electron chi connectivity index (χ2n) is 5.65. The molecule has 0 aliphatic carbocycles. The molecule has 2 fully saturated rings. The molecule has 1 amide bonds. The van der Waals surface area contributed by atoms with Gasteiger partial charge in [-0.2, -0.15) is 0 Å². The fraction of sp³-hybridized carbons (Fsp3) is 0.692. The van der Waals surface area contributed by atoms with Gasteiger partial charge >= 0.3 is 5.97 Å². The lowest BCUT2D eigenvalue weighted by atomic mass is 10.0. The second-order valence-corrected chi connectivity index (χ2v) is 6.76. The molecule has 3 atom stereocenters. The van der Waals surface area contributed by atoms with Gasteiger partial charge in [-0.15, -0.1) is 24.2 Å². The second kappa shape index (κ2) is 8.32. The van der Waals surface area contributed by atoms with E-state index >= 15 is 0 Å². The number of amides is 1. The summed E-state index contributed by atoms with van der Waals surface area (Å²) in [6.07, 6.45) is 2.30. The molecule has 0 bridgehead atoms. The van der Waals surface area contributed by atoms with E-state index in [9.17, 15) is 14.7 Å². The fourth-order valence-electron chi connectivity index (χ4n) is 3.17. The highest BCUT2D eigenvalue weighted by molar-refractivity contribution is 8.00. The maximum Gasteiger partial charge on any atom is 0.352 e. The molecule has 8 nitrogen and oxygen atoms in total. The zero-order valence-electron chi connectivity index (χ0n) is 12.8. The number of fused-ring (bicyclic) bond motifs is 1. The third-order valence-electron chi connectivity index (χ3n) is 4.38. The van der Waals surface area contributed by atoms with Crippen molar-refractivity contribution in [1.82, 2.24) is 9.80 Å². The van der Waals surface area contributed by atoms with Gasteiger partial charge in [0.15, 0.2) is 0 Å². The molecular formula is C13H24ClN3O5S. The molecule has 0 saturated carbocycles. The van der Waals surface area contributed by atoms with Crippen LogP contribution in [0.1, 0.15) is 19.8 Å². The summed E-state index contributed by atoms with van der Waals surface area (Å²) in [6, 6.07) is -0.0729. The molecule has 0 aromatic carbocycles. The van der Waals surface area contributed by atoms with Crippen molar-refractivity contribution in [3.8, 4) is 0 Å². The van der Waals surface area contributed by atoms with Crippen LogP contribution in [0, 0.1) is 0 Å². The first-order chi connectivity index (χ1) is 9.50. The van der Waals surface area contributed by atoms with Crippen molar-refractivity contribution in [3.63, 3.8) is 0 Å². The minimum Gasteiger partial charge on any atom is -0.477 e. The quantitative estimate of drug-likeness (QED) is 0.598. The minimum absolute atomic E-state index is 0. The summed E-state index contributed by atoms with van der Waals surface area (Å²) in [7, 11) is 0. The summed E-state index contributed by atoms with van der Waals surface area (Å²) in [5.74, 6) is -0.642. The Morgan fingerprint density at radius 1 is 1.43 bits per heavy atom. The molecule has 0 aromatic heterocycles. The Labute approximate surface area is 145 Å². The molecular weight excluding hydrogens is 346 g/mol. The first kappa shape index (κ1) is 22.2. The van der Waals surface area contributed by atoms with Gasteiger partial charge in [0.05, 0.1) is 0 Å². The number of nitrogens with zero attached hydrogens (tertiary/aromatic N) is 2. The number of thioether (sulfide) groups is 1. The van der Waals surface area contributed by atoms with Gasteiger partial charge in [-0.1, -0.05) is 0 Å². The standard InChI is InChI=1S/C13H19N3O3S.ClH.2H2O/c1-7-3-2-4-15(7)5-8-6-20-12-9(14)11(17)16(12)10(8)13(18)19;;;/h7,9,12H,2-6,14H2,1H3,(H,18,19);1H;2*1H2/t7?,9?,12-;;;/m0.../s1. The van der Waals surface area contributed by atoms with Gasteiger partial charge in [-0.25, -0.2) is 4.79 Å². The lowest BCUT2D eigenvalue weighted by Crippen LogP contribution is -2.68. The Bertz CT molecular complexity index is 504. The number of halogens is 1. The van der Waals surface area contributed by atoms with Crippen molar-refractivity contribution in [2.45, 2.75) is 37.2 Å². The maximum atomic E-state index is 11.8. The summed E-state index contributed by atoms with van der Waals surface area (Å²) in [6.45, 7) is 3.80. The van der Waals surface area contributed by atoms with E-state index < -0.39 is 12.0 Å². The number of rotatable bonds is 3. The molecule has 2 saturated heterocycles. The van der Waals surface area contributed by atoms with Gasteiger partial charge < -0.3 is 21.8 Å². The average molecular weight is 370 g/mol. The van der Waals surface area contributed by atoms with Crippen LogP contribution in [0.15, 0.2) is 11.3 Å². The Hall–Kier alpha value is -0.840. The van der Waals surface area contributed by atoms with Crippen molar-refractivity contribution in [1.29, 1.82) is 0 Å². The molecule has 0 aromatic rings. The van der Waals surface area contributed by atoms with Crippen LogP contribution in [0.5, 0.6) is 0 Å². The minimum atomic E-state index is -1.02. The van der Waals surface area contributed by atoms with E-state index in [1.807, 2.05) is 0 Å². The molecule has 3 aliphatic rings. The van der Waals surface area contributed by atoms with Crippen molar-refractivity contribution >= 4 is 36.0 Å². The van der Waals surface area contributed by atoms with Crippen LogP contribution >= 0.6 is 24.2 Å². The molecule has 3 rings (SSSR count). The largest absolute Gasteiger partial charge is 0.477 e. The van der Waals surface area contributed by atoms with Crippen LogP contribution in [0.3, 0.4) is 0 Å². The predicted octanol–water partition coefficient (Wildman–Crippen LogP) is -1.18. The SMILES string of the molecule is CC1CCCN1CC1=C(C(=O)O)N2C(=O)C(N)[C@@H]2SC1.Cl.O.O. The normalized spacial score (nSPS) is 29.7. The number of carbonyl (C=O) groups excluding carboxylic acids is 1. The van der Waals surface area contributed by atoms with E-state index in [1.54, 1.807) is 11.8 Å². The number of carboxylic acid groups (broad SMARTS) is 1. The molecule has 134 valence electrons. The number of β-lactam (4-membered cyclic amide) rings is 1. The monoisotopic (exact) mass is 369 g/mol. The molecule has 0 radical (unpaired) electrons. The first-order valence-corrected chi connectivity index (χ1v) is 7.95. The smallest absolute Gasteiger partial charge is 0.352 e. The first-order valence-electron chi connectivity index (χ1n) is 6.90. The van der Waals surface area contributed by atoms with E-state index in [0.29, 0.717) is 18.3 Å². The Morgan fingerprint density at radius 2 is 2.09 bits per heavy atom. The summed E-state index contributed by atoms with van der Waals surface area (Å²) in [5, 5.41) is 9.25. The highest BCUT2D eigenvalue weighted by Crippen LogP contribution is 2.39. The number of likely N-dealkylation sites (tertiary alicyclic amines) is 1. The van der Waals surface area contributed by atoms with Crippen LogP contribution in [0.25, 0.3) is 0 Å². The van der Waals surface area contributed by atoms with Crippen LogP contribution in [-0.4, -0.2) is 74.0 Å². The van der Waals surface area contributed by atoms with Gasteiger partial charge in [-0.05, 0) is 31.9 Å². The number of carboxylic acids is 1. The summed E-state index contributed by atoms with van der Waals surface area (Å²) >= 11 is 1.57. The Balaban J connectivity index is 0.00000161. The zero-order chi connectivity index (χ0) is 14.4.